The predicted octanol–water partition coefficient (Wildman–Crippen LogP) is 2.75. The summed E-state index contributed by atoms with van der Waals surface area (Å²) in [7, 11) is 0. The molecule has 1 aromatic heterocycles. The molecule has 0 aromatic carbocycles. The van der Waals surface area contributed by atoms with Crippen molar-refractivity contribution >= 4 is 11.8 Å². The first-order valence-corrected chi connectivity index (χ1v) is 7.35. The molecule has 8 heteroatoms. The fourth-order valence-electron chi connectivity index (χ4n) is 2.60. The van der Waals surface area contributed by atoms with Crippen LogP contribution < -0.4 is 0 Å². The van der Waals surface area contributed by atoms with Crippen LogP contribution in [-0.4, -0.2) is 43.9 Å². The van der Waals surface area contributed by atoms with Gasteiger partial charge in [-0.2, -0.15) is 5.10 Å². The molecule has 1 aliphatic rings. The summed E-state index contributed by atoms with van der Waals surface area (Å²) >= 11 is 0. The van der Waals surface area contributed by atoms with Gasteiger partial charge in [0.1, 0.15) is 18.0 Å². The minimum absolute atomic E-state index is 0.00291. The van der Waals surface area contributed by atoms with Crippen LogP contribution >= 0.6 is 0 Å². The molecule has 1 aliphatic heterocycles. The summed E-state index contributed by atoms with van der Waals surface area (Å²) in [6.07, 6.45) is 3.77. The van der Waals surface area contributed by atoms with Crippen molar-refractivity contribution < 1.29 is 14.5 Å². The second-order valence-electron chi connectivity index (χ2n) is 6.64. The lowest BCUT2D eigenvalue weighted by Crippen LogP contribution is -2.47. The summed E-state index contributed by atoms with van der Waals surface area (Å²) in [6.45, 7) is 8.02. The Morgan fingerprint density at radius 1 is 1.50 bits per heavy atom. The number of carbonyl (C=O) groups is 1. The highest BCUT2D eigenvalue weighted by Crippen LogP contribution is 2.28. The van der Waals surface area contributed by atoms with Crippen LogP contribution in [0.1, 0.15) is 46.6 Å². The zero-order valence-electron chi connectivity index (χ0n) is 13.4. The van der Waals surface area contributed by atoms with Crippen molar-refractivity contribution in [2.75, 3.05) is 6.54 Å². The SMILES string of the molecule is C[C@@H]1C[C@H](n2cc([N+](=O)[O-])cn2)CCN1C(=O)OC(C)(C)C. The lowest BCUT2D eigenvalue weighted by molar-refractivity contribution is -0.385. The molecule has 1 amide bonds. The summed E-state index contributed by atoms with van der Waals surface area (Å²) in [6, 6.07) is 0.0549. The first-order chi connectivity index (χ1) is 10.2. The number of carbonyl (C=O) groups excluding carboxylic acids is 1. The zero-order chi connectivity index (χ0) is 16.5. The lowest BCUT2D eigenvalue weighted by Gasteiger charge is -2.38. The molecule has 2 atom stereocenters. The van der Waals surface area contributed by atoms with Crippen molar-refractivity contribution in [1.29, 1.82) is 0 Å². The van der Waals surface area contributed by atoms with Crippen LogP contribution in [-0.2, 0) is 4.74 Å². The van der Waals surface area contributed by atoms with E-state index in [9.17, 15) is 14.9 Å². The summed E-state index contributed by atoms with van der Waals surface area (Å²) in [5.74, 6) is 0. The van der Waals surface area contributed by atoms with E-state index in [1.54, 1.807) is 9.58 Å². The molecule has 0 radical (unpaired) electrons. The Morgan fingerprint density at radius 2 is 2.18 bits per heavy atom. The fourth-order valence-corrected chi connectivity index (χ4v) is 2.60. The van der Waals surface area contributed by atoms with Crippen molar-refractivity contribution in [2.45, 2.75) is 58.2 Å². The second-order valence-corrected chi connectivity index (χ2v) is 6.64. The number of nitro groups is 1. The topological polar surface area (TPSA) is 90.5 Å². The molecule has 22 heavy (non-hydrogen) atoms. The number of rotatable bonds is 2. The molecule has 122 valence electrons. The Bertz CT molecular complexity index is 563. The Balaban J connectivity index is 2.00. The fraction of sp³-hybridized carbons (Fsp3) is 0.714. The molecular formula is C14H22N4O4. The number of piperidine rings is 1. The van der Waals surface area contributed by atoms with Gasteiger partial charge in [-0.1, -0.05) is 0 Å². The van der Waals surface area contributed by atoms with Gasteiger partial charge in [0.15, 0.2) is 0 Å². The van der Waals surface area contributed by atoms with Crippen LogP contribution in [0.4, 0.5) is 10.5 Å². The van der Waals surface area contributed by atoms with Gasteiger partial charge in [-0.05, 0) is 40.5 Å². The molecule has 0 aliphatic carbocycles. The quantitative estimate of drug-likeness (QED) is 0.619. The highest BCUT2D eigenvalue weighted by Gasteiger charge is 2.33. The van der Waals surface area contributed by atoms with Crippen LogP contribution in [0.3, 0.4) is 0 Å². The molecule has 1 fully saturated rings. The second kappa shape index (κ2) is 5.94. The van der Waals surface area contributed by atoms with E-state index in [-0.39, 0.29) is 23.9 Å². The Kier molecular flexibility index (Phi) is 4.39. The van der Waals surface area contributed by atoms with Gasteiger partial charge in [-0.25, -0.2) is 4.79 Å². The molecule has 0 bridgehead atoms. The van der Waals surface area contributed by atoms with Gasteiger partial charge in [0.05, 0.1) is 11.0 Å². The van der Waals surface area contributed by atoms with Crippen molar-refractivity contribution in [3.63, 3.8) is 0 Å². The molecule has 8 nitrogen and oxygen atoms in total. The maximum Gasteiger partial charge on any atom is 0.410 e. The highest BCUT2D eigenvalue weighted by molar-refractivity contribution is 5.68. The minimum atomic E-state index is -0.518. The summed E-state index contributed by atoms with van der Waals surface area (Å²) in [5, 5.41) is 14.8. The van der Waals surface area contributed by atoms with Crippen LogP contribution in [0.5, 0.6) is 0 Å². The van der Waals surface area contributed by atoms with E-state index in [1.807, 2.05) is 27.7 Å². The van der Waals surface area contributed by atoms with Crippen LogP contribution in [0.15, 0.2) is 12.4 Å². The summed E-state index contributed by atoms with van der Waals surface area (Å²) < 4.78 is 7.03. The van der Waals surface area contributed by atoms with E-state index in [2.05, 4.69) is 5.10 Å². The van der Waals surface area contributed by atoms with Crippen LogP contribution in [0, 0.1) is 10.1 Å². The van der Waals surface area contributed by atoms with Gasteiger partial charge >= 0.3 is 11.8 Å². The van der Waals surface area contributed by atoms with Gasteiger partial charge in [-0.3, -0.25) is 14.8 Å². The first kappa shape index (κ1) is 16.3. The maximum atomic E-state index is 12.2. The van der Waals surface area contributed by atoms with E-state index in [0.29, 0.717) is 19.4 Å². The summed E-state index contributed by atoms with van der Waals surface area (Å²) in [5.41, 5.74) is -0.529. The average molecular weight is 310 g/mol. The van der Waals surface area contributed by atoms with Crippen molar-refractivity contribution in [2.24, 2.45) is 0 Å². The minimum Gasteiger partial charge on any atom is -0.444 e. The molecular weight excluding hydrogens is 288 g/mol. The van der Waals surface area contributed by atoms with E-state index >= 15 is 0 Å². The van der Waals surface area contributed by atoms with Crippen molar-refractivity contribution in [1.82, 2.24) is 14.7 Å². The summed E-state index contributed by atoms with van der Waals surface area (Å²) in [4.78, 5) is 24.1. The van der Waals surface area contributed by atoms with Crippen molar-refractivity contribution in [3.05, 3.63) is 22.5 Å². The van der Waals surface area contributed by atoms with E-state index in [0.717, 1.165) is 0 Å². The Hall–Kier alpha value is -2.12. The number of likely N-dealkylation sites (tertiary alicyclic amines) is 1. The number of amides is 1. The van der Waals surface area contributed by atoms with Crippen LogP contribution in [0.2, 0.25) is 0 Å². The third-order valence-corrected chi connectivity index (χ3v) is 3.65. The van der Waals surface area contributed by atoms with Crippen molar-refractivity contribution in [3.8, 4) is 0 Å². The predicted molar refractivity (Wildman–Crippen MR) is 79.6 cm³/mol. The maximum absolute atomic E-state index is 12.2. The monoisotopic (exact) mass is 310 g/mol. The number of ether oxygens (including phenoxy) is 1. The number of hydrogen-bond donors (Lipinski definition) is 0. The number of aromatic nitrogens is 2. The Labute approximate surface area is 129 Å². The van der Waals surface area contributed by atoms with E-state index in [4.69, 9.17) is 4.74 Å². The van der Waals surface area contributed by atoms with Gasteiger partial charge in [0, 0.05) is 12.6 Å². The highest BCUT2D eigenvalue weighted by atomic mass is 16.6. The molecule has 2 heterocycles. The number of hydrogen-bond acceptors (Lipinski definition) is 5. The van der Waals surface area contributed by atoms with Gasteiger partial charge in [-0.15, -0.1) is 0 Å². The number of nitrogens with zero attached hydrogens (tertiary/aromatic N) is 4. The molecule has 2 rings (SSSR count). The molecule has 0 saturated carbocycles. The third-order valence-electron chi connectivity index (χ3n) is 3.65. The molecule has 0 N–H and O–H groups in total. The molecule has 0 unspecified atom stereocenters. The lowest BCUT2D eigenvalue weighted by atomic mass is 9.99. The van der Waals surface area contributed by atoms with E-state index in [1.165, 1.54) is 12.4 Å². The van der Waals surface area contributed by atoms with Gasteiger partial charge in [0.25, 0.3) is 0 Å². The van der Waals surface area contributed by atoms with Gasteiger partial charge < -0.3 is 9.64 Å². The largest absolute Gasteiger partial charge is 0.444 e. The standard InChI is InChI=1S/C14H22N4O4/c1-10-7-11(17-9-12(8-15-17)18(20)21)5-6-16(10)13(19)22-14(2,3)4/h8-11H,5-7H2,1-4H3/t10-,11-/m1/s1. The average Bonchev–Trinajstić information content (AvgIpc) is 2.85. The zero-order valence-corrected chi connectivity index (χ0v) is 13.4. The van der Waals surface area contributed by atoms with Gasteiger partial charge in [0.2, 0.25) is 0 Å². The molecule has 1 aromatic rings. The smallest absolute Gasteiger partial charge is 0.410 e. The van der Waals surface area contributed by atoms with Crippen LogP contribution in [0.25, 0.3) is 0 Å². The van der Waals surface area contributed by atoms with E-state index < -0.39 is 10.5 Å². The molecule has 1 saturated heterocycles. The Morgan fingerprint density at radius 3 is 2.68 bits per heavy atom. The first-order valence-electron chi connectivity index (χ1n) is 7.35. The normalized spacial score (nSPS) is 22.5. The molecule has 0 spiro atoms. The third kappa shape index (κ3) is 3.75.